The van der Waals surface area contributed by atoms with Crippen molar-refractivity contribution in [2.45, 2.75) is 39.2 Å². The molecule has 0 saturated carbocycles. The zero-order chi connectivity index (χ0) is 19.0. The van der Waals surface area contributed by atoms with Gasteiger partial charge in [0.2, 0.25) is 5.95 Å². The molecular formula is C20H22N6O. The van der Waals surface area contributed by atoms with Crippen molar-refractivity contribution in [2.24, 2.45) is 0 Å². The molecule has 0 amide bonds. The molecule has 0 bridgehead atoms. The Bertz CT molecular complexity index is 1090. The molecule has 4 rings (SSSR count). The van der Waals surface area contributed by atoms with Gasteiger partial charge in [0.15, 0.2) is 5.52 Å². The summed E-state index contributed by atoms with van der Waals surface area (Å²) in [7, 11) is 0. The highest BCUT2D eigenvalue weighted by Gasteiger charge is 2.23. The maximum atomic E-state index is 12.9. The van der Waals surface area contributed by atoms with E-state index in [4.69, 9.17) is 10.4 Å². The van der Waals surface area contributed by atoms with Crippen molar-refractivity contribution < 1.29 is 0 Å². The number of anilines is 1. The Morgan fingerprint density at radius 1 is 1.30 bits per heavy atom. The van der Waals surface area contributed by atoms with E-state index in [1.165, 1.54) is 0 Å². The summed E-state index contributed by atoms with van der Waals surface area (Å²) in [6.07, 6.45) is 3.34. The van der Waals surface area contributed by atoms with Gasteiger partial charge in [-0.05, 0) is 30.5 Å². The Hall–Kier alpha value is -3.14. The van der Waals surface area contributed by atoms with E-state index in [9.17, 15) is 4.79 Å². The van der Waals surface area contributed by atoms with Crippen LogP contribution in [0.15, 0.2) is 35.3 Å². The molecule has 0 aliphatic carbocycles. The topological polar surface area (TPSA) is 79.2 Å². The van der Waals surface area contributed by atoms with E-state index in [2.05, 4.69) is 16.0 Å². The fourth-order valence-corrected chi connectivity index (χ4v) is 3.60. The van der Waals surface area contributed by atoms with E-state index in [1.54, 1.807) is 15.3 Å². The zero-order valence-corrected chi connectivity index (χ0v) is 15.6. The van der Waals surface area contributed by atoms with Gasteiger partial charge in [0, 0.05) is 25.6 Å². The van der Waals surface area contributed by atoms with E-state index in [1.807, 2.05) is 38.1 Å². The Labute approximate surface area is 157 Å². The number of nitriles is 1. The van der Waals surface area contributed by atoms with E-state index < -0.39 is 0 Å². The molecule has 1 aromatic carbocycles. The molecule has 27 heavy (non-hydrogen) atoms. The van der Waals surface area contributed by atoms with Crippen molar-refractivity contribution in [2.75, 3.05) is 18.0 Å². The van der Waals surface area contributed by atoms with Crippen molar-refractivity contribution in [3.05, 3.63) is 57.8 Å². The van der Waals surface area contributed by atoms with E-state index in [0.717, 1.165) is 37.3 Å². The van der Waals surface area contributed by atoms with Gasteiger partial charge in [-0.2, -0.15) is 5.26 Å². The first kappa shape index (κ1) is 17.3. The molecule has 7 heteroatoms. The van der Waals surface area contributed by atoms with E-state index >= 15 is 0 Å². The van der Waals surface area contributed by atoms with Crippen LogP contribution in [0.5, 0.6) is 0 Å². The van der Waals surface area contributed by atoms with E-state index in [-0.39, 0.29) is 11.5 Å². The van der Waals surface area contributed by atoms with Crippen molar-refractivity contribution in [1.82, 2.24) is 19.2 Å². The average Bonchev–Trinajstić information content (AvgIpc) is 3.11. The van der Waals surface area contributed by atoms with Gasteiger partial charge in [-0.25, -0.2) is 9.50 Å². The molecule has 2 aromatic heterocycles. The lowest BCUT2D eigenvalue weighted by Crippen LogP contribution is -2.40. The predicted molar refractivity (Wildman–Crippen MR) is 103 cm³/mol. The first-order valence-corrected chi connectivity index (χ1v) is 9.31. The van der Waals surface area contributed by atoms with Crippen LogP contribution in [0.3, 0.4) is 0 Å². The molecule has 3 heterocycles. The summed E-state index contributed by atoms with van der Waals surface area (Å²) in [5, 5.41) is 13.8. The summed E-state index contributed by atoms with van der Waals surface area (Å²) in [5.41, 5.74) is 2.28. The summed E-state index contributed by atoms with van der Waals surface area (Å²) in [6.45, 7) is 6.39. The number of nitrogens with zero attached hydrogens (tertiary/aromatic N) is 6. The minimum Gasteiger partial charge on any atom is -0.341 e. The van der Waals surface area contributed by atoms with Gasteiger partial charge in [0.1, 0.15) is 5.82 Å². The monoisotopic (exact) mass is 362 g/mol. The maximum absolute atomic E-state index is 12.9. The second-order valence-electron chi connectivity index (χ2n) is 7.23. The standard InChI is InChI=1S/C20H22N6O/c1-14(2)18-22-13-17-19(27)25-9-4-8-24(20(25)23-26(17)18)10-7-15-5-3-6-16(11-15)12-21/h3,5-6,11,13-14H,4,7-10H2,1-2H3. The molecule has 1 aliphatic rings. The number of hydrogen-bond acceptors (Lipinski definition) is 5. The SMILES string of the molecule is CC(C)c1ncc2c(=O)n3c(nn12)N(CCc1cccc(C#N)c1)CCC3. The van der Waals surface area contributed by atoms with Gasteiger partial charge < -0.3 is 4.90 Å². The highest BCUT2D eigenvalue weighted by molar-refractivity contribution is 5.47. The van der Waals surface area contributed by atoms with Gasteiger partial charge >= 0.3 is 0 Å². The fraction of sp³-hybridized carbons (Fsp3) is 0.400. The molecule has 0 atom stereocenters. The van der Waals surface area contributed by atoms with Crippen LogP contribution in [0.2, 0.25) is 0 Å². The van der Waals surface area contributed by atoms with Crippen LogP contribution in [0, 0.1) is 11.3 Å². The van der Waals surface area contributed by atoms with Crippen LogP contribution < -0.4 is 10.5 Å². The molecule has 7 nitrogen and oxygen atoms in total. The number of fused-ring (bicyclic) bond motifs is 2. The molecule has 0 radical (unpaired) electrons. The van der Waals surface area contributed by atoms with Crippen LogP contribution in [-0.4, -0.2) is 32.3 Å². The molecular weight excluding hydrogens is 340 g/mol. The predicted octanol–water partition coefficient (Wildman–Crippen LogP) is 2.34. The lowest BCUT2D eigenvalue weighted by Gasteiger charge is -2.30. The van der Waals surface area contributed by atoms with Crippen LogP contribution in [0.4, 0.5) is 5.95 Å². The van der Waals surface area contributed by atoms with Crippen LogP contribution in [-0.2, 0) is 13.0 Å². The number of aromatic nitrogens is 4. The Morgan fingerprint density at radius 2 is 2.15 bits per heavy atom. The normalized spacial score (nSPS) is 13.8. The van der Waals surface area contributed by atoms with Gasteiger partial charge in [-0.1, -0.05) is 26.0 Å². The summed E-state index contributed by atoms with van der Waals surface area (Å²) < 4.78 is 3.46. The molecule has 0 unspecified atom stereocenters. The largest absolute Gasteiger partial charge is 0.341 e. The number of rotatable bonds is 4. The highest BCUT2D eigenvalue weighted by atomic mass is 16.1. The number of benzene rings is 1. The van der Waals surface area contributed by atoms with Crippen molar-refractivity contribution in [1.29, 1.82) is 5.26 Å². The summed E-state index contributed by atoms with van der Waals surface area (Å²) in [4.78, 5) is 19.5. The van der Waals surface area contributed by atoms with Crippen molar-refractivity contribution in [3.8, 4) is 6.07 Å². The molecule has 0 spiro atoms. The summed E-state index contributed by atoms with van der Waals surface area (Å²) >= 11 is 0. The minimum atomic E-state index is -0.0319. The number of hydrogen-bond donors (Lipinski definition) is 0. The second-order valence-corrected chi connectivity index (χ2v) is 7.23. The second kappa shape index (κ2) is 6.88. The van der Waals surface area contributed by atoms with E-state index in [0.29, 0.717) is 23.6 Å². The Balaban J connectivity index is 1.68. The minimum absolute atomic E-state index is 0.0319. The molecule has 3 aromatic rings. The Kier molecular flexibility index (Phi) is 4.40. The molecule has 138 valence electrons. The van der Waals surface area contributed by atoms with Crippen molar-refractivity contribution >= 4 is 11.5 Å². The number of imidazole rings is 1. The van der Waals surface area contributed by atoms with Gasteiger partial charge in [-0.3, -0.25) is 9.36 Å². The molecule has 1 aliphatic heterocycles. The quantitative estimate of drug-likeness (QED) is 0.712. The third-order valence-corrected chi connectivity index (χ3v) is 4.99. The first-order valence-electron chi connectivity index (χ1n) is 9.31. The lowest BCUT2D eigenvalue weighted by molar-refractivity contribution is 0.518. The average molecular weight is 362 g/mol. The Morgan fingerprint density at radius 3 is 2.93 bits per heavy atom. The van der Waals surface area contributed by atoms with Crippen LogP contribution in [0.1, 0.15) is 43.1 Å². The maximum Gasteiger partial charge on any atom is 0.280 e. The van der Waals surface area contributed by atoms with Crippen molar-refractivity contribution in [3.63, 3.8) is 0 Å². The molecule has 0 fully saturated rings. The smallest absolute Gasteiger partial charge is 0.280 e. The zero-order valence-electron chi connectivity index (χ0n) is 15.6. The van der Waals surface area contributed by atoms with Gasteiger partial charge in [-0.15, -0.1) is 5.10 Å². The van der Waals surface area contributed by atoms with Crippen LogP contribution in [0.25, 0.3) is 5.52 Å². The fourth-order valence-electron chi connectivity index (χ4n) is 3.60. The first-order chi connectivity index (χ1) is 13.1. The third-order valence-electron chi connectivity index (χ3n) is 4.99. The summed E-state index contributed by atoms with van der Waals surface area (Å²) in [6, 6.07) is 9.84. The van der Waals surface area contributed by atoms with Crippen LogP contribution >= 0.6 is 0 Å². The molecule has 0 N–H and O–H groups in total. The molecule has 0 saturated heterocycles. The van der Waals surface area contributed by atoms with Gasteiger partial charge in [0.05, 0.1) is 17.8 Å². The third kappa shape index (κ3) is 3.08. The summed E-state index contributed by atoms with van der Waals surface area (Å²) in [5.74, 6) is 1.70. The highest BCUT2D eigenvalue weighted by Crippen LogP contribution is 2.20. The lowest BCUT2D eigenvalue weighted by atomic mass is 10.1. The van der Waals surface area contributed by atoms with Gasteiger partial charge in [0.25, 0.3) is 5.56 Å².